The van der Waals surface area contributed by atoms with Crippen molar-refractivity contribution in [3.63, 3.8) is 0 Å². The van der Waals surface area contributed by atoms with E-state index < -0.39 is 0 Å². The van der Waals surface area contributed by atoms with Gasteiger partial charge in [0.25, 0.3) is 0 Å². The molecule has 54 heavy (non-hydrogen) atoms. The van der Waals surface area contributed by atoms with E-state index in [4.69, 9.17) is 4.42 Å². The van der Waals surface area contributed by atoms with E-state index in [1.165, 1.54) is 44.2 Å². The third-order valence-electron chi connectivity index (χ3n) is 10.5. The third-order valence-corrected chi connectivity index (χ3v) is 10.5. The van der Waals surface area contributed by atoms with Gasteiger partial charge in [-0.15, -0.1) is 0 Å². The molecule has 1 aromatic heterocycles. The molecule has 2 heteroatoms. The summed E-state index contributed by atoms with van der Waals surface area (Å²) in [6.45, 7) is 0. The second kappa shape index (κ2) is 13.4. The molecule has 0 unspecified atom stereocenters. The highest BCUT2D eigenvalue weighted by molar-refractivity contribution is 6.07. The van der Waals surface area contributed by atoms with Crippen molar-refractivity contribution in [2.75, 3.05) is 4.90 Å². The predicted octanol–water partition coefficient (Wildman–Crippen LogP) is 14.9. The van der Waals surface area contributed by atoms with Crippen LogP contribution in [-0.2, 0) is 0 Å². The lowest BCUT2D eigenvalue weighted by atomic mass is 9.95. The van der Waals surface area contributed by atoms with Crippen molar-refractivity contribution in [1.29, 1.82) is 0 Å². The SMILES string of the molecule is c1ccc(-c2ccc(-c3ccc(N(c4ccccc4-c4ccc5oc6ccccc6c5c4)c4ccccc4-c4cccc5ccccc45)cc3)cc2)cc1. The second-order valence-electron chi connectivity index (χ2n) is 13.7. The highest BCUT2D eigenvalue weighted by atomic mass is 16.3. The molecule has 10 rings (SSSR count). The largest absolute Gasteiger partial charge is 0.456 e. The predicted molar refractivity (Wildman–Crippen MR) is 228 cm³/mol. The zero-order chi connectivity index (χ0) is 35.8. The summed E-state index contributed by atoms with van der Waals surface area (Å²) >= 11 is 0. The van der Waals surface area contributed by atoms with Gasteiger partial charge in [-0.2, -0.15) is 0 Å². The van der Waals surface area contributed by atoms with Crippen molar-refractivity contribution in [2.45, 2.75) is 0 Å². The van der Waals surface area contributed by atoms with E-state index in [9.17, 15) is 0 Å². The molecule has 0 aliphatic rings. The topological polar surface area (TPSA) is 16.4 Å². The van der Waals surface area contributed by atoms with E-state index in [1.807, 2.05) is 12.1 Å². The Morgan fingerprint density at radius 2 is 0.796 bits per heavy atom. The lowest BCUT2D eigenvalue weighted by Gasteiger charge is -2.30. The molecular formula is C52H35NO. The zero-order valence-corrected chi connectivity index (χ0v) is 29.6. The van der Waals surface area contributed by atoms with Crippen LogP contribution in [0, 0.1) is 0 Å². The Labute approximate surface area is 314 Å². The Bertz CT molecular complexity index is 2920. The lowest BCUT2D eigenvalue weighted by molar-refractivity contribution is 0.669. The van der Waals surface area contributed by atoms with Crippen LogP contribution in [0.5, 0.6) is 0 Å². The van der Waals surface area contributed by atoms with Gasteiger partial charge in [0.15, 0.2) is 0 Å². The molecule has 254 valence electrons. The maximum absolute atomic E-state index is 6.23. The van der Waals surface area contributed by atoms with Crippen LogP contribution in [0.4, 0.5) is 17.1 Å². The van der Waals surface area contributed by atoms with Crippen LogP contribution in [0.2, 0.25) is 0 Å². The van der Waals surface area contributed by atoms with E-state index in [1.54, 1.807) is 0 Å². The summed E-state index contributed by atoms with van der Waals surface area (Å²) < 4.78 is 6.23. The molecule has 0 aliphatic heterocycles. The van der Waals surface area contributed by atoms with E-state index in [0.29, 0.717) is 0 Å². The molecular weight excluding hydrogens is 655 g/mol. The Balaban J connectivity index is 1.14. The molecule has 0 amide bonds. The molecule has 0 bridgehead atoms. The number of furan rings is 1. The van der Waals surface area contributed by atoms with Gasteiger partial charge in [-0.3, -0.25) is 0 Å². The first kappa shape index (κ1) is 31.6. The summed E-state index contributed by atoms with van der Waals surface area (Å²) in [5.74, 6) is 0. The molecule has 0 saturated heterocycles. The number of anilines is 3. The average molecular weight is 690 g/mol. The first-order valence-electron chi connectivity index (χ1n) is 18.4. The van der Waals surface area contributed by atoms with Gasteiger partial charge in [-0.05, 0) is 86.6 Å². The van der Waals surface area contributed by atoms with Crippen LogP contribution in [0.25, 0.3) is 77.2 Å². The summed E-state index contributed by atoms with van der Waals surface area (Å²) in [5.41, 5.74) is 14.5. The fraction of sp³-hybridized carbons (Fsp3) is 0. The van der Waals surface area contributed by atoms with Crippen molar-refractivity contribution in [2.24, 2.45) is 0 Å². The van der Waals surface area contributed by atoms with Crippen LogP contribution in [-0.4, -0.2) is 0 Å². The molecule has 0 fully saturated rings. The highest BCUT2D eigenvalue weighted by Crippen LogP contribution is 2.46. The number of hydrogen-bond acceptors (Lipinski definition) is 2. The van der Waals surface area contributed by atoms with E-state index in [0.717, 1.165) is 50.1 Å². The number of rotatable bonds is 7. The molecule has 0 spiro atoms. The van der Waals surface area contributed by atoms with Gasteiger partial charge in [0.1, 0.15) is 11.2 Å². The smallest absolute Gasteiger partial charge is 0.135 e. The lowest BCUT2D eigenvalue weighted by Crippen LogP contribution is -2.12. The fourth-order valence-corrected chi connectivity index (χ4v) is 7.86. The molecule has 2 nitrogen and oxygen atoms in total. The quantitative estimate of drug-likeness (QED) is 0.166. The number of hydrogen-bond donors (Lipinski definition) is 0. The number of para-hydroxylation sites is 3. The van der Waals surface area contributed by atoms with E-state index in [2.05, 4.69) is 205 Å². The van der Waals surface area contributed by atoms with E-state index in [-0.39, 0.29) is 0 Å². The van der Waals surface area contributed by atoms with Gasteiger partial charge >= 0.3 is 0 Å². The molecule has 9 aromatic carbocycles. The Morgan fingerprint density at radius 1 is 0.296 bits per heavy atom. The van der Waals surface area contributed by atoms with Gasteiger partial charge in [-0.1, -0.05) is 170 Å². The standard InChI is InChI=1S/C52H35NO/c1-2-13-36(14-3-1)37-25-27-38(28-26-37)39-29-32-42(33-30-39)53(50-23-10-7-19-46(50)45-21-12-16-40-15-4-5-17-43(40)45)49-22-9-6-18-44(49)41-31-34-52-48(35-41)47-20-8-11-24-51(47)54-52/h1-35H. The summed E-state index contributed by atoms with van der Waals surface area (Å²) in [4.78, 5) is 2.42. The Morgan fingerprint density at radius 3 is 1.56 bits per heavy atom. The highest BCUT2D eigenvalue weighted by Gasteiger charge is 2.22. The van der Waals surface area contributed by atoms with Gasteiger partial charge < -0.3 is 9.32 Å². The summed E-state index contributed by atoms with van der Waals surface area (Å²) in [7, 11) is 0. The summed E-state index contributed by atoms with van der Waals surface area (Å²) in [5, 5.41) is 4.69. The number of nitrogens with zero attached hydrogens (tertiary/aromatic N) is 1. The number of fused-ring (bicyclic) bond motifs is 4. The Kier molecular flexibility index (Phi) is 7.85. The molecule has 0 radical (unpaired) electrons. The molecule has 10 aromatic rings. The first-order valence-corrected chi connectivity index (χ1v) is 18.4. The van der Waals surface area contributed by atoms with E-state index >= 15 is 0 Å². The van der Waals surface area contributed by atoms with Crippen LogP contribution in [0.15, 0.2) is 217 Å². The minimum atomic E-state index is 0.892. The van der Waals surface area contributed by atoms with Crippen LogP contribution < -0.4 is 4.90 Å². The normalized spacial score (nSPS) is 11.3. The maximum Gasteiger partial charge on any atom is 0.135 e. The van der Waals surface area contributed by atoms with Gasteiger partial charge in [0.05, 0.1) is 11.4 Å². The van der Waals surface area contributed by atoms with Crippen molar-refractivity contribution in [3.05, 3.63) is 212 Å². The molecule has 0 atom stereocenters. The van der Waals surface area contributed by atoms with Gasteiger partial charge in [-0.25, -0.2) is 0 Å². The minimum absolute atomic E-state index is 0.892. The van der Waals surface area contributed by atoms with Crippen molar-refractivity contribution >= 4 is 49.8 Å². The molecule has 0 saturated carbocycles. The molecule has 0 aliphatic carbocycles. The number of benzene rings is 9. The monoisotopic (exact) mass is 689 g/mol. The second-order valence-corrected chi connectivity index (χ2v) is 13.7. The fourth-order valence-electron chi connectivity index (χ4n) is 7.86. The van der Waals surface area contributed by atoms with Gasteiger partial charge in [0, 0.05) is 27.6 Å². The maximum atomic E-state index is 6.23. The van der Waals surface area contributed by atoms with Crippen LogP contribution in [0.1, 0.15) is 0 Å². The van der Waals surface area contributed by atoms with Gasteiger partial charge in [0.2, 0.25) is 0 Å². The van der Waals surface area contributed by atoms with Crippen LogP contribution >= 0.6 is 0 Å². The van der Waals surface area contributed by atoms with Crippen LogP contribution in [0.3, 0.4) is 0 Å². The zero-order valence-electron chi connectivity index (χ0n) is 29.6. The van der Waals surface area contributed by atoms with Crippen molar-refractivity contribution in [1.82, 2.24) is 0 Å². The Hall–Kier alpha value is -7.16. The minimum Gasteiger partial charge on any atom is -0.456 e. The van der Waals surface area contributed by atoms with Crippen molar-refractivity contribution < 1.29 is 4.42 Å². The summed E-state index contributed by atoms with van der Waals surface area (Å²) in [6.07, 6.45) is 0. The third kappa shape index (κ3) is 5.62. The first-order chi connectivity index (χ1) is 26.8. The summed E-state index contributed by atoms with van der Waals surface area (Å²) in [6, 6.07) is 76.0. The molecule has 0 N–H and O–H groups in total. The van der Waals surface area contributed by atoms with Crippen molar-refractivity contribution in [3.8, 4) is 44.5 Å². The molecule has 1 heterocycles. The average Bonchev–Trinajstić information content (AvgIpc) is 3.63.